The molecule has 3 N–H and O–H groups in total. The Morgan fingerprint density at radius 2 is 2.47 bits per heavy atom. The van der Waals surface area contributed by atoms with Gasteiger partial charge in [0, 0.05) is 17.6 Å². The van der Waals surface area contributed by atoms with Gasteiger partial charge in [0.2, 0.25) is 0 Å². The Hall–Kier alpha value is -1.14. The van der Waals surface area contributed by atoms with E-state index in [2.05, 4.69) is 15.6 Å². The maximum atomic E-state index is 11.3. The van der Waals surface area contributed by atoms with Gasteiger partial charge in [0.15, 0.2) is 5.13 Å². The van der Waals surface area contributed by atoms with E-state index in [-0.39, 0.29) is 6.03 Å². The molecule has 0 aliphatic rings. The normalized spacial score (nSPS) is 12.2. The fourth-order valence-corrected chi connectivity index (χ4v) is 1.61. The number of aliphatic hydroxyl groups excluding tert-OH is 1. The number of amides is 2. The highest BCUT2D eigenvalue weighted by Crippen LogP contribution is 2.15. The molecule has 0 spiro atoms. The highest BCUT2D eigenvalue weighted by atomic mass is 32.1. The average Bonchev–Trinajstić information content (AvgIpc) is 2.50. The summed E-state index contributed by atoms with van der Waals surface area (Å²) in [6, 6.07) is -0.287. The summed E-state index contributed by atoms with van der Waals surface area (Å²) in [5.74, 6) is 0. The number of thiazole rings is 1. The van der Waals surface area contributed by atoms with Crippen LogP contribution in [0.25, 0.3) is 0 Å². The fourth-order valence-electron chi connectivity index (χ4n) is 0.948. The molecule has 0 saturated heterocycles. The van der Waals surface area contributed by atoms with E-state index in [1.54, 1.807) is 13.1 Å². The van der Waals surface area contributed by atoms with Crippen molar-refractivity contribution in [1.82, 2.24) is 10.3 Å². The van der Waals surface area contributed by atoms with E-state index in [0.717, 1.165) is 4.88 Å². The molecule has 0 aromatic carbocycles. The second-order valence-electron chi connectivity index (χ2n) is 3.29. The van der Waals surface area contributed by atoms with Crippen LogP contribution in [0.5, 0.6) is 0 Å². The van der Waals surface area contributed by atoms with Gasteiger partial charge in [-0.25, -0.2) is 9.78 Å². The molecule has 0 bridgehead atoms. The van der Waals surface area contributed by atoms with E-state index in [1.807, 2.05) is 6.92 Å². The van der Waals surface area contributed by atoms with Crippen LogP contribution in [-0.4, -0.2) is 28.8 Å². The third-order valence-electron chi connectivity index (χ3n) is 1.69. The van der Waals surface area contributed by atoms with Crippen molar-refractivity contribution >= 4 is 22.5 Å². The number of rotatable bonds is 4. The van der Waals surface area contributed by atoms with E-state index in [0.29, 0.717) is 18.1 Å². The van der Waals surface area contributed by atoms with Crippen LogP contribution in [0.3, 0.4) is 0 Å². The van der Waals surface area contributed by atoms with Crippen LogP contribution in [0.1, 0.15) is 18.2 Å². The molecule has 0 unspecified atom stereocenters. The lowest BCUT2D eigenvalue weighted by Crippen LogP contribution is -2.30. The average molecular weight is 229 g/mol. The van der Waals surface area contributed by atoms with Crippen LogP contribution in [0.4, 0.5) is 9.93 Å². The van der Waals surface area contributed by atoms with Gasteiger partial charge in [0.25, 0.3) is 0 Å². The lowest BCUT2D eigenvalue weighted by atomic mass is 10.3. The Morgan fingerprint density at radius 1 is 1.73 bits per heavy atom. The molecule has 84 valence electrons. The minimum Gasteiger partial charge on any atom is -0.393 e. The van der Waals surface area contributed by atoms with Crippen LogP contribution in [0.15, 0.2) is 6.20 Å². The molecule has 6 heteroatoms. The zero-order valence-corrected chi connectivity index (χ0v) is 9.60. The third kappa shape index (κ3) is 4.75. The van der Waals surface area contributed by atoms with E-state index < -0.39 is 6.10 Å². The predicted molar refractivity (Wildman–Crippen MR) is 60.2 cm³/mol. The van der Waals surface area contributed by atoms with E-state index in [1.165, 1.54) is 11.3 Å². The number of anilines is 1. The number of urea groups is 1. The lowest BCUT2D eigenvalue weighted by molar-refractivity contribution is 0.184. The molecule has 1 aromatic rings. The van der Waals surface area contributed by atoms with E-state index in [9.17, 15) is 4.79 Å². The SMILES string of the molecule is Cc1cnc(NC(=O)NCC[C@H](C)O)s1. The highest BCUT2D eigenvalue weighted by Gasteiger charge is 2.04. The van der Waals surface area contributed by atoms with E-state index >= 15 is 0 Å². The van der Waals surface area contributed by atoms with Gasteiger partial charge < -0.3 is 10.4 Å². The van der Waals surface area contributed by atoms with Crippen molar-refractivity contribution in [2.75, 3.05) is 11.9 Å². The zero-order valence-electron chi connectivity index (χ0n) is 8.78. The van der Waals surface area contributed by atoms with Gasteiger partial charge in [-0.3, -0.25) is 5.32 Å². The van der Waals surface area contributed by atoms with Crippen molar-refractivity contribution in [2.24, 2.45) is 0 Å². The van der Waals surface area contributed by atoms with Gasteiger partial charge in [-0.05, 0) is 20.3 Å². The van der Waals surface area contributed by atoms with Gasteiger partial charge in [-0.1, -0.05) is 0 Å². The van der Waals surface area contributed by atoms with Gasteiger partial charge >= 0.3 is 6.03 Å². The second kappa shape index (κ2) is 5.67. The number of hydrogen-bond acceptors (Lipinski definition) is 4. The number of hydrogen-bond donors (Lipinski definition) is 3. The Bertz CT molecular complexity index is 325. The lowest BCUT2D eigenvalue weighted by Gasteiger charge is -2.06. The largest absolute Gasteiger partial charge is 0.393 e. The topological polar surface area (TPSA) is 74.2 Å². The smallest absolute Gasteiger partial charge is 0.321 e. The first-order valence-corrected chi connectivity index (χ1v) is 5.55. The number of aromatic nitrogens is 1. The van der Waals surface area contributed by atoms with Crippen molar-refractivity contribution in [3.8, 4) is 0 Å². The fraction of sp³-hybridized carbons (Fsp3) is 0.556. The van der Waals surface area contributed by atoms with Crippen molar-refractivity contribution in [3.63, 3.8) is 0 Å². The number of aliphatic hydroxyl groups is 1. The summed E-state index contributed by atoms with van der Waals surface area (Å²) in [6.07, 6.45) is 1.85. The quantitative estimate of drug-likeness (QED) is 0.729. The first-order chi connectivity index (χ1) is 7.08. The summed E-state index contributed by atoms with van der Waals surface area (Å²) in [5, 5.41) is 14.8. The minimum absolute atomic E-state index is 0.287. The molecular weight excluding hydrogens is 214 g/mol. The van der Waals surface area contributed by atoms with E-state index in [4.69, 9.17) is 5.11 Å². The molecule has 1 heterocycles. The highest BCUT2D eigenvalue weighted by molar-refractivity contribution is 7.15. The zero-order chi connectivity index (χ0) is 11.3. The maximum absolute atomic E-state index is 11.3. The number of nitrogens with one attached hydrogen (secondary N) is 2. The van der Waals surface area contributed by atoms with Crippen molar-refractivity contribution < 1.29 is 9.90 Å². The first-order valence-electron chi connectivity index (χ1n) is 4.73. The van der Waals surface area contributed by atoms with Crippen molar-refractivity contribution in [1.29, 1.82) is 0 Å². The molecule has 0 saturated carbocycles. The molecule has 5 nitrogen and oxygen atoms in total. The predicted octanol–water partition coefficient (Wildman–Crippen LogP) is 1.34. The Kier molecular flexibility index (Phi) is 4.51. The molecule has 2 amide bonds. The number of aryl methyl sites for hydroxylation is 1. The molecule has 1 atom stereocenters. The van der Waals surface area contributed by atoms with Crippen LogP contribution in [-0.2, 0) is 0 Å². The number of carbonyl (C=O) groups is 1. The van der Waals surface area contributed by atoms with Crippen LogP contribution in [0.2, 0.25) is 0 Å². The number of carbonyl (C=O) groups excluding carboxylic acids is 1. The summed E-state index contributed by atoms with van der Waals surface area (Å²) in [4.78, 5) is 16.3. The van der Waals surface area contributed by atoms with Gasteiger partial charge in [-0.2, -0.15) is 0 Å². The molecule has 0 fully saturated rings. The molecule has 1 aromatic heterocycles. The molecule has 1 rings (SSSR count). The molecule has 0 aliphatic heterocycles. The summed E-state index contributed by atoms with van der Waals surface area (Å²) in [7, 11) is 0. The number of nitrogens with zero attached hydrogens (tertiary/aromatic N) is 1. The summed E-state index contributed by atoms with van der Waals surface area (Å²) >= 11 is 1.42. The molecular formula is C9H15N3O2S. The molecule has 15 heavy (non-hydrogen) atoms. The summed E-state index contributed by atoms with van der Waals surface area (Å²) in [5.41, 5.74) is 0. The van der Waals surface area contributed by atoms with Crippen LogP contribution < -0.4 is 10.6 Å². The Morgan fingerprint density at radius 3 is 3.00 bits per heavy atom. The second-order valence-corrected chi connectivity index (χ2v) is 4.53. The van der Waals surface area contributed by atoms with Crippen LogP contribution in [0, 0.1) is 6.92 Å². The molecule has 0 aliphatic carbocycles. The van der Waals surface area contributed by atoms with Gasteiger partial charge in [-0.15, -0.1) is 11.3 Å². The minimum atomic E-state index is -0.396. The monoisotopic (exact) mass is 229 g/mol. The first kappa shape index (κ1) is 11.9. The van der Waals surface area contributed by atoms with Gasteiger partial charge in [0.05, 0.1) is 6.10 Å². The summed E-state index contributed by atoms with van der Waals surface area (Å²) < 4.78 is 0. The Labute approximate surface area is 92.5 Å². The standard InChI is InChI=1S/C9H15N3O2S/c1-6(13)3-4-10-8(14)12-9-11-5-7(2)15-9/h5-6,13H,3-4H2,1-2H3,(H2,10,11,12,14)/t6-/m0/s1. The van der Waals surface area contributed by atoms with Gasteiger partial charge in [0.1, 0.15) is 0 Å². The third-order valence-corrected chi connectivity index (χ3v) is 2.52. The molecule has 0 radical (unpaired) electrons. The maximum Gasteiger partial charge on any atom is 0.321 e. The van der Waals surface area contributed by atoms with Crippen molar-refractivity contribution in [2.45, 2.75) is 26.4 Å². The van der Waals surface area contributed by atoms with Crippen molar-refractivity contribution in [3.05, 3.63) is 11.1 Å². The van der Waals surface area contributed by atoms with Crippen LogP contribution >= 0.6 is 11.3 Å². The Balaban J connectivity index is 2.24. The summed E-state index contributed by atoms with van der Waals surface area (Å²) in [6.45, 7) is 4.06.